The molecule has 2 atom stereocenters. The number of nitrogens with two attached hydrogens (primary N) is 2. The highest BCUT2D eigenvalue weighted by Gasteiger charge is 2.16. The Morgan fingerprint density at radius 3 is 2.94 bits per heavy atom. The molecule has 0 saturated heterocycles. The molecule has 0 aliphatic rings. The van der Waals surface area contributed by atoms with Crippen LogP contribution in [0.4, 0.5) is 0 Å². The summed E-state index contributed by atoms with van der Waals surface area (Å²) in [5.74, 6) is -0.141. The van der Waals surface area contributed by atoms with Gasteiger partial charge in [-0.05, 0) is 26.3 Å². The van der Waals surface area contributed by atoms with Gasteiger partial charge in [-0.25, -0.2) is 4.98 Å². The van der Waals surface area contributed by atoms with Crippen LogP contribution < -0.4 is 16.8 Å². The summed E-state index contributed by atoms with van der Waals surface area (Å²) in [7, 11) is 0. The van der Waals surface area contributed by atoms with Gasteiger partial charge in [0.05, 0.1) is 24.1 Å². The number of rotatable bonds is 7. The molecule has 0 radical (unpaired) electrons. The molecule has 0 aliphatic carbocycles. The molecule has 1 aromatic heterocycles. The molecule has 0 spiro atoms. The molecule has 96 valence electrons. The second-order valence-corrected chi connectivity index (χ2v) is 4.12. The Morgan fingerprint density at radius 1 is 1.59 bits per heavy atom. The number of imidazole rings is 1. The quantitative estimate of drug-likeness (QED) is 0.504. The van der Waals surface area contributed by atoms with E-state index in [9.17, 15) is 4.79 Å². The van der Waals surface area contributed by atoms with Crippen LogP contribution >= 0.6 is 0 Å². The predicted molar refractivity (Wildman–Crippen MR) is 66.0 cm³/mol. The molecule has 1 heterocycles. The molecule has 1 amide bonds. The lowest BCUT2D eigenvalue weighted by atomic mass is 10.1. The van der Waals surface area contributed by atoms with Crippen molar-refractivity contribution in [1.82, 2.24) is 15.3 Å². The summed E-state index contributed by atoms with van der Waals surface area (Å²) in [6.45, 7) is 2.51. The first kappa shape index (κ1) is 13.7. The third-order valence-corrected chi connectivity index (χ3v) is 2.63. The fourth-order valence-corrected chi connectivity index (χ4v) is 1.54. The van der Waals surface area contributed by atoms with Crippen molar-refractivity contribution in [3.8, 4) is 0 Å². The smallest absolute Gasteiger partial charge is 0.237 e. The van der Waals surface area contributed by atoms with Crippen molar-refractivity contribution in [2.24, 2.45) is 11.5 Å². The number of nitrogens with zero attached hydrogens (tertiary/aromatic N) is 1. The Labute approximate surface area is 101 Å². The van der Waals surface area contributed by atoms with Crippen LogP contribution in [0.2, 0.25) is 0 Å². The highest BCUT2D eigenvalue weighted by Crippen LogP contribution is 2.08. The highest BCUT2D eigenvalue weighted by atomic mass is 16.2. The van der Waals surface area contributed by atoms with Crippen molar-refractivity contribution in [1.29, 1.82) is 0 Å². The van der Waals surface area contributed by atoms with Crippen molar-refractivity contribution in [3.63, 3.8) is 0 Å². The van der Waals surface area contributed by atoms with Crippen LogP contribution in [0.3, 0.4) is 0 Å². The van der Waals surface area contributed by atoms with E-state index in [-0.39, 0.29) is 11.9 Å². The van der Waals surface area contributed by atoms with E-state index in [0.717, 1.165) is 18.5 Å². The van der Waals surface area contributed by atoms with Gasteiger partial charge in [-0.2, -0.15) is 0 Å². The van der Waals surface area contributed by atoms with Crippen LogP contribution in [0.25, 0.3) is 0 Å². The van der Waals surface area contributed by atoms with Gasteiger partial charge < -0.3 is 21.8 Å². The molecule has 1 aromatic rings. The Kier molecular flexibility index (Phi) is 5.65. The number of carbonyl (C=O) groups excluding carboxylic acids is 1. The minimum absolute atomic E-state index is 0.130. The van der Waals surface area contributed by atoms with Gasteiger partial charge in [0.25, 0.3) is 0 Å². The fraction of sp³-hybridized carbons (Fsp3) is 0.636. The average molecular weight is 239 g/mol. The van der Waals surface area contributed by atoms with Gasteiger partial charge in [0.2, 0.25) is 5.91 Å². The average Bonchev–Trinajstić information content (AvgIpc) is 2.82. The number of amides is 1. The van der Waals surface area contributed by atoms with E-state index in [1.807, 2.05) is 6.92 Å². The van der Waals surface area contributed by atoms with E-state index in [2.05, 4.69) is 15.3 Å². The largest absolute Gasteiger partial charge is 0.351 e. The van der Waals surface area contributed by atoms with Gasteiger partial charge in [0, 0.05) is 6.20 Å². The number of carbonyl (C=O) groups is 1. The van der Waals surface area contributed by atoms with E-state index in [1.54, 1.807) is 12.5 Å². The van der Waals surface area contributed by atoms with Gasteiger partial charge in [0.15, 0.2) is 0 Å². The monoisotopic (exact) mass is 239 g/mol. The topological polar surface area (TPSA) is 110 Å². The Balaban J connectivity index is 2.33. The summed E-state index contributed by atoms with van der Waals surface area (Å²) in [6.07, 6.45) is 5.78. The maximum atomic E-state index is 11.7. The summed E-state index contributed by atoms with van der Waals surface area (Å²) in [5, 5.41) is 2.83. The van der Waals surface area contributed by atoms with E-state index in [0.29, 0.717) is 13.0 Å². The summed E-state index contributed by atoms with van der Waals surface area (Å²) >= 11 is 0. The maximum absolute atomic E-state index is 11.7. The number of hydrogen-bond acceptors (Lipinski definition) is 4. The van der Waals surface area contributed by atoms with Crippen molar-refractivity contribution in [2.45, 2.75) is 38.3 Å². The minimum atomic E-state index is -0.469. The zero-order valence-corrected chi connectivity index (χ0v) is 10.1. The highest BCUT2D eigenvalue weighted by molar-refractivity contribution is 5.81. The van der Waals surface area contributed by atoms with Crippen LogP contribution in [-0.4, -0.2) is 28.5 Å². The molecule has 6 N–H and O–H groups in total. The number of hydrogen-bond donors (Lipinski definition) is 4. The molecule has 6 heteroatoms. The lowest BCUT2D eigenvalue weighted by molar-refractivity contribution is -0.123. The number of H-pyrrole nitrogens is 1. The van der Waals surface area contributed by atoms with Crippen LogP contribution in [0.1, 0.15) is 37.9 Å². The molecule has 6 nitrogen and oxygen atoms in total. The van der Waals surface area contributed by atoms with Crippen molar-refractivity contribution in [2.75, 3.05) is 6.54 Å². The summed E-state index contributed by atoms with van der Waals surface area (Å²) in [4.78, 5) is 18.7. The Hall–Kier alpha value is -1.40. The standard InChI is InChI=1S/C11H21N5O/c1-8(10-6-14-7-15-10)16-11(17)9(13)4-2-3-5-12/h6-9H,2-5,12-13H2,1H3,(H,14,15)(H,16,17)/t8?,9-/m0/s1. The van der Waals surface area contributed by atoms with Crippen LogP contribution in [0.15, 0.2) is 12.5 Å². The maximum Gasteiger partial charge on any atom is 0.237 e. The third-order valence-electron chi connectivity index (χ3n) is 2.63. The number of aromatic amines is 1. The Bertz CT molecular complexity index is 325. The van der Waals surface area contributed by atoms with Gasteiger partial charge in [0.1, 0.15) is 0 Å². The summed E-state index contributed by atoms with van der Waals surface area (Å²) in [6, 6.07) is -0.600. The van der Waals surface area contributed by atoms with Crippen LogP contribution in [-0.2, 0) is 4.79 Å². The molecule has 0 fully saturated rings. The molecule has 0 saturated carbocycles. The van der Waals surface area contributed by atoms with E-state index < -0.39 is 6.04 Å². The number of nitrogens with one attached hydrogen (secondary N) is 2. The molecule has 0 bridgehead atoms. The van der Waals surface area contributed by atoms with Gasteiger partial charge in [-0.3, -0.25) is 4.79 Å². The second-order valence-electron chi connectivity index (χ2n) is 4.12. The zero-order valence-electron chi connectivity index (χ0n) is 10.1. The van der Waals surface area contributed by atoms with Crippen LogP contribution in [0.5, 0.6) is 0 Å². The minimum Gasteiger partial charge on any atom is -0.351 e. The van der Waals surface area contributed by atoms with Gasteiger partial charge >= 0.3 is 0 Å². The molecule has 1 unspecified atom stereocenters. The molecule has 17 heavy (non-hydrogen) atoms. The SMILES string of the molecule is CC(NC(=O)[C@@H](N)CCCCN)c1c[nH]cn1. The molecule has 0 aliphatic heterocycles. The molecule has 0 aromatic carbocycles. The van der Waals surface area contributed by atoms with Crippen molar-refractivity contribution in [3.05, 3.63) is 18.2 Å². The van der Waals surface area contributed by atoms with Crippen LogP contribution in [0, 0.1) is 0 Å². The number of aromatic nitrogens is 2. The summed E-state index contributed by atoms with van der Waals surface area (Å²) < 4.78 is 0. The summed E-state index contributed by atoms with van der Waals surface area (Å²) in [5.41, 5.74) is 12.0. The lowest BCUT2D eigenvalue weighted by Gasteiger charge is -2.16. The fourth-order valence-electron chi connectivity index (χ4n) is 1.54. The predicted octanol–water partition coefficient (Wildman–Crippen LogP) is 0.0432. The van der Waals surface area contributed by atoms with Crippen molar-refractivity contribution >= 4 is 5.91 Å². The van der Waals surface area contributed by atoms with Gasteiger partial charge in [-0.1, -0.05) is 6.42 Å². The van der Waals surface area contributed by atoms with Crippen molar-refractivity contribution < 1.29 is 4.79 Å². The zero-order chi connectivity index (χ0) is 12.7. The van der Waals surface area contributed by atoms with E-state index in [4.69, 9.17) is 11.5 Å². The first-order valence-electron chi connectivity index (χ1n) is 5.90. The number of unbranched alkanes of at least 4 members (excludes halogenated alkanes) is 1. The molecular weight excluding hydrogens is 218 g/mol. The van der Waals surface area contributed by atoms with Gasteiger partial charge in [-0.15, -0.1) is 0 Å². The van der Waals surface area contributed by atoms with E-state index >= 15 is 0 Å². The Morgan fingerprint density at radius 2 is 2.35 bits per heavy atom. The normalized spacial score (nSPS) is 14.3. The first-order valence-corrected chi connectivity index (χ1v) is 5.90. The second kappa shape index (κ2) is 7.03. The molecular formula is C11H21N5O. The lowest BCUT2D eigenvalue weighted by Crippen LogP contribution is -2.41. The third kappa shape index (κ3) is 4.54. The molecule has 1 rings (SSSR count). The van der Waals surface area contributed by atoms with E-state index in [1.165, 1.54) is 0 Å². The first-order chi connectivity index (χ1) is 8.15.